The number of carbonyl (C=O) groups excluding carboxylic acids is 1. The van der Waals surface area contributed by atoms with Crippen LogP contribution in [0.4, 0.5) is 5.13 Å². The van der Waals surface area contributed by atoms with Gasteiger partial charge in [-0.15, -0.1) is 12.4 Å². The first-order valence-corrected chi connectivity index (χ1v) is 12.7. The van der Waals surface area contributed by atoms with Gasteiger partial charge < -0.3 is 14.2 Å². The number of fused-ring (bicyclic) bond motifs is 1. The van der Waals surface area contributed by atoms with Crippen LogP contribution in [0, 0.1) is 13.8 Å². The van der Waals surface area contributed by atoms with Crippen molar-refractivity contribution in [3.63, 3.8) is 0 Å². The summed E-state index contributed by atoms with van der Waals surface area (Å²) in [5, 5.41) is 0.716. The van der Waals surface area contributed by atoms with Crippen LogP contribution in [0.15, 0.2) is 30.3 Å². The van der Waals surface area contributed by atoms with Crippen LogP contribution in [0.1, 0.15) is 35.3 Å². The highest BCUT2D eigenvalue weighted by atomic mass is 35.5. The van der Waals surface area contributed by atoms with Gasteiger partial charge in [-0.3, -0.25) is 14.6 Å². The number of aromatic nitrogens is 1. The van der Waals surface area contributed by atoms with Gasteiger partial charge in [0.1, 0.15) is 0 Å². The molecule has 0 N–H and O–H groups in total. The van der Waals surface area contributed by atoms with Crippen molar-refractivity contribution in [2.75, 3.05) is 57.5 Å². The number of morpholine rings is 1. The highest BCUT2D eigenvalue weighted by molar-refractivity contribution is 7.22. The van der Waals surface area contributed by atoms with Gasteiger partial charge in [-0.1, -0.05) is 17.4 Å². The van der Waals surface area contributed by atoms with Crippen molar-refractivity contribution in [3.8, 4) is 11.5 Å². The molecule has 7 nitrogen and oxygen atoms in total. The zero-order valence-corrected chi connectivity index (χ0v) is 22.5. The SMILES string of the molecule is CCOc1ccc(C(=O)N(CCN2CCOCC2)c2nc3c(C)c(C)ccc3s2)cc1OCC.Cl. The third-order valence-electron chi connectivity index (χ3n) is 6.08. The first kappa shape index (κ1) is 27.2. The van der Waals surface area contributed by atoms with Gasteiger partial charge >= 0.3 is 0 Å². The largest absolute Gasteiger partial charge is 0.490 e. The third kappa shape index (κ3) is 6.25. The summed E-state index contributed by atoms with van der Waals surface area (Å²) in [7, 11) is 0. The van der Waals surface area contributed by atoms with Gasteiger partial charge in [0.15, 0.2) is 16.6 Å². The Kier molecular flexibility index (Phi) is 9.74. The van der Waals surface area contributed by atoms with E-state index in [4.69, 9.17) is 19.2 Å². The molecule has 35 heavy (non-hydrogen) atoms. The van der Waals surface area contributed by atoms with Crippen molar-refractivity contribution in [2.45, 2.75) is 27.7 Å². The monoisotopic (exact) mass is 519 g/mol. The number of ether oxygens (including phenoxy) is 3. The molecule has 4 rings (SSSR count). The van der Waals surface area contributed by atoms with Crippen molar-refractivity contribution in [3.05, 3.63) is 47.0 Å². The standard InChI is InChI=1S/C26H33N3O4S.ClH/c1-5-32-21-9-8-20(17-22(21)33-6-2)25(30)29(12-11-28-13-15-31-16-14-28)26-27-24-19(4)18(3)7-10-23(24)34-26;/h7-10,17H,5-6,11-16H2,1-4H3;1H. The van der Waals surface area contributed by atoms with Gasteiger partial charge in [0.2, 0.25) is 0 Å². The molecular weight excluding hydrogens is 486 g/mol. The second kappa shape index (κ2) is 12.5. The van der Waals surface area contributed by atoms with E-state index in [0.717, 1.165) is 48.6 Å². The lowest BCUT2D eigenvalue weighted by atomic mass is 10.1. The molecule has 3 aromatic rings. The second-order valence-corrected chi connectivity index (χ2v) is 9.30. The van der Waals surface area contributed by atoms with Crippen molar-refractivity contribution < 1.29 is 19.0 Å². The van der Waals surface area contributed by atoms with E-state index in [9.17, 15) is 4.79 Å². The maximum Gasteiger partial charge on any atom is 0.260 e. The first-order valence-electron chi connectivity index (χ1n) is 11.9. The number of amides is 1. The van der Waals surface area contributed by atoms with E-state index >= 15 is 0 Å². The number of aryl methyl sites for hydroxylation is 2. The van der Waals surface area contributed by atoms with Gasteiger partial charge in [-0.25, -0.2) is 4.98 Å². The Balaban J connectivity index is 0.00000342. The van der Waals surface area contributed by atoms with Crippen molar-refractivity contribution >= 4 is 45.0 Å². The molecule has 0 saturated carbocycles. The minimum Gasteiger partial charge on any atom is -0.490 e. The fraction of sp³-hybridized carbons (Fsp3) is 0.462. The molecule has 1 aromatic heterocycles. The zero-order valence-electron chi connectivity index (χ0n) is 20.8. The molecule has 1 aliphatic heterocycles. The lowest BCUT2D eigenvalue weighted by Crippen LogP contribution is -2.43. The van der Waals surface area contributed by atoms with Crippen LogP contribution in [0.3, 0.4) is 0 Å². The van der Waals surface area contributed by atoms with E-state index in [1.54, 1.807) is 28.4 Å². The van der Waals surface area contributed by atoms with Crippen molar-refractivity contribution in [2.24, 2.45) is 0 Å². The number of nitrogens with zero attached hydrogens (tertiary/aromatic N) is 3. The smallest absolute Gasteiger partial charge is 0.260 e. The lowest BCUT2D eigenvalue weighted by molar-refractivity contribution is 0.0391. The topological polar surface area (TPSA) is 64.1 Å². The minimum atomic E-state index is -0.0920. The van der Waals surface area contributed by atoms with Gasteiger partial charge in [-0.2, -0.15) is 0 Å². The second-order valence-electron chi connectivity index (χ2n) is 8.29. The predicted molar refractivity (Wildman–Crippen MR) is 144 cm³/mol. The van der Waals surface area contributed by atoms with Crippen LogP contribution in [0.5, 0.6) is 11.5 Å². The summed E-state index contributed by atoms with van der Waals surface area (Å²) < 4.78 is 18.0. The summed E-state index contributed by atoms with van der Waals surface area (Å²) in [4.78, 5) is 22.9. The molecule has 0 radical (unpaired) electrons. The fourth-order valence-electron chi connectivity index (χ4n) is 4.02. The van der Waals surface area contributed by atoms with E-state index < -0.39 is 0 Å². The summed E-state index contributed by atoms with van der Waals surface area (Å²) >= 11 is 1.56. The number of anilines is 1. The molecule has 0 unspecified atom stereocenters. The summed E-state index contributed by atoms with van der Waals surface area (Å²) in [6.45, 7) is 13.6. The first-order chi connectivity index (χ1) is 16.5. The number of carbonyl (C=O) groups is 1. The van der Waals surface area contributed by atoms with Crippen LogP contribution in [0.25, 0.3) is 10.2 Å². The Morgan fingerprint density at radius 3 is 2.51 bits per heavy atom. The number of thiazole rings is 1. The lowest BCUT2D eigenvalue weighted by Gasteiger charge is -2.29. The van der Waals surface area contributed by atoms with Crippen LogP contribution >= 0.6 is 23.7 Å². The van der Waals surface area contributed by atoms with Crippen molar-refractivity contribution in [1.82, 2.24) is 9.88 Å². The molecule has 0 aliphatic carbocycles. The Morgan fingerprint density at radius 1 is 1.09 bits per heavy atom. The number of hydrogen-bond acceptors (Lipinski definition) is 7. The highest BCUT2D eigenvalue weighted by Gasteiger charge is 2.24. The molecule has 2 heterocycles. The fourth-order valence-corrected chi connectivity index (χ4v) is 5.07. The summed E-state index contributed by atoms with van der Waals surface area (Å²) in [5.74, 6) is 1.14. The number of hydrogen-bond donors (Lipinski definition) is 0. The number of rotatable bonds is 9. The molecular formula is C26H34ClN3O4S. The predicted octanol–water partition coefficient (Wildman–Crippen LogP) is 5.11. The molecule has 1 aliphatic rings. The van der Waals surface area contributed by atoms with E-state index in [2.05, 4.69) is 30.9 Å². The average molecular weight is 520 g/mol. The average Bonchev–Trinajstić information content (AvgIpc) is 3.28. The number of halogens is 1. The minimum absolute atomic E-state index is 0. The van der Waals surface area contributed by atoms with Crippen LogP contribution < -0.4 is 14.4 Å². The molecule has 1 amide bonds. The number of benzene rings is 2. The Morgan fingerprint density at radius 2 is 1.80 bits per heavy atom. The van der Waals surface area contributed by atoms with Gasteiger partial charge in [-0.05, 0) is 63.1 Å². The summed E-state index contributed by atoms with van der Waals surface area (Å²) in [6, 6.07) is 9.60. The summed E-state index contributed by atoms with van der Waals surface area (Å²) in [5.41, 5.74) is 3.87. The van der Waals surface area contributed by atoms with E-state index in [0.29, 0.717) is 42.0 Å². The van der Waals surface area contributed by atoms with E-state index in [1.165, 1.54) is 5.56 Å². The zero-order chi connectivity index (χ0) is 24.1. The molecule has 0 bridgehead atoms. The maximum absolute atomic E-state index is 13.8. The quantitative estimate of drug-likeness (QED) is 0.391. The van der Waals surface area contributed by atoms with Gasteiger partial charge in [0.25, 0.3) is 5.91 Å². The normalized spacial score (nSPS) is 13.9. The highest BCUT2D eigenvalue weighted by Crippen LogP contribution is 2.34. The van der Waals surface area contributed by atoms with Crippen LogP contribution in [0.2, 0.25) is 0 Å². The van der Waals surface area contributed by atoms with Crippen LogP contribution in [-0.2, 0) is 4.74 Å². The van der Waals surface area contributed by atoms with Crippen molar-refractivity contribution in [1.29, 1.82) is 0 Å². The van der Waals surface area contributed by atoms with Gasteiger partial charge in [0, 0.05) is 31.7 Å². The third-order valence-corrected chi connectivity index (χ3v) is 7.13. The molecule has 2 aromatic carbocycles. The van der Waals surface area contributed by atoms with Gasteiger partial charge in [0.05, 0.1) is 36.6 Å². The summed E-state index contributed by atoms with van der Waals surface area (Å²) in [6.07, 6.45) is 0. The molecule has 190 valence electrons. The van der Waals surface area contributed by atoms with Crippen LogP contribution in [-0.4, -0.2) is 68.4 Å². The Hall–Kier alpha value is -2.39. The van der Waals surface area contributed by atoms with E-state index in [-0.39, 0.29) is 18.3 Å². The maximum atomic E-state index is 13.8. The Bertz CT molecular complexity index is 1150. The molecule has 1 saturated heterocycles. The molecule has 0 spiro atoms. The van der Waals surface area contributed by atoms with E-state index in [1.807, 2.05) is 19.9 Å². The molecule has 1 fully saturated rings. The Labute approximate surface area is 217 Å². The molecule has 9 heteroatoms. The molecule has 0 atom stereocenters.